The zero-order valence-electron chi connectivity index (χ0n) is 14.5. The molecule has 2 saturated heterocycles. The van der Waals surface area contributed by atoms with Gasteiger partial charge in [-0.3, -0.25) is 4.79 Å². The SMILES string of the molecule is O=C(CCCOc1ccccc1)N1CCC2(CC1)OCC[C@H](O)[C@@H]2O. The van der Waals surface area contributed by atoms with E-state index in [2.05, 4.69) is 0 Å². The summed E-state index contributed by atoms with van der Waals surface area (Å²) < 4.78 is 11.4. The number of likely N-dealkylation sites (tertiary alicyclic amines) is 1. The molecule has 2 fully saturated rings. The van der Waals surface area contributed by atoms with Gasteiger partial charge in [-0.1, -0.05) is 18.2 Å². The summed E-state index contributed by atoms with van der Waals surface area (Å²) in [6, 6.07) is 9.57. The second kappa shape index (κ2) is 8.17. The van der Waals surface area contributed by atoms with Crippen LogP contribution < -0.4 is 4.74 Å². The predicted octanol–water partition coefficient (Wildman–Crippen LogP) is 1.35. The maximum Gasteiger partial charge on any atom is 0.222 e. The molecule has 138 valence electrons. The lowest BCUT2D eigenvalue weighted by atomic mass is 9.80. The number of nitrogens with zero attached hydrogens (tertiary/aromatic N) is 1. The number of aliphatic hydroxyl groups excluding tert-OH is 2. The molecule has 0 aliphatic carbocycles. The molecule has 2 N–H and O–H groups in total. The Labute approximate surface area is 148 Å². The third kappa shape index (κ3) is 4.32. The highest BCUT2D eigenvalue weighted by atomic mass is 16.5. The fourth-order valence-corrected chi connectivity index (χ4v) is 3.64. The maximum absolute atomic E-state index is 12.3. The van der Waals surface area contributed by atoms with Gasteiger partial charge in [-0.05, 0) is 37.8 Å². The minimum atomic E-state index is -0.863. The van der Waals surface area contributed by atoms with Gasteiger partial charge in [0, 0.05) is 19.5 Å². The summed E-state index contributed by atoms with van der Waals surface area (Å²) >= 11 is 0. The van der Waals surface area contributed by atoms with Crippen molar-refractivity contribution in [3.05, 3.63) is 30.3 Å². The van der Waals surface area contributed by atoms with E-state index >= 15 is 0 Å². The Morgan fingerprint density at radius 2 is 1.96 bits per heavy atom. The first-order chi connectivity index (χ1) is 12.1. The van der Waals surface area contributed by atoms with Crippen LogP contribution in [0.4, 0.5) is 0 Å². The number of para-hydroxylation sites is 1. The molecule has 1 aromatic rings. The molecule has 3 rings (SSSR count). The highest BCUT2D eigenvalue weighted by Gasteiger charge is 2.47. The molecule has 0 aromatic heterocycles. The van der Waals surface area contributed by atoms with Crippen molar-refractivity contribution < 1.29 is 24.5 Å². The Balaban J connectivity index is 1.39. The number of carbonyl (C=O) groups excluding carboxylic acids is 1. The molecule has 0 bridgehead atoms. The van der Waals surface area contributed by atoms with E-state index in [1.807, 2.05) is 35.2 Å². The zero-order chi connectivity index (χ0) is 17.7. The lowest BCUT2D eigenvalue weighted by Gasteiger charge is -2.48. The lowest BCUT2D eigenvalue weighted by molar-refractivity contribution is -0.214. The molecule has 1 spiro atoms. The molecule has 2 aliphatic heterocycles. The van der Waals surface area contributed by atoms with E-state index in [0.29, 0.717) is 58.4 Å². The molecule has 25 heavy (non-hydrogen) atoms. The molecule has 2 atom stereocenters. The number of rotatable bonds is 5. The third-order valence-electron chi connectivity index (χ3n) is 5.22. The normalized spacial score (nSPS) is 25.8. The van der Waals surface area contributed by atoms with Gasteiger partial charge in [-0.25, -0.2) is 0 Å². The number of carbonyl (C=O) groups is 1. The first-order valence-corrected chi connectivity index (χ1v) is 9.06. The van der Waals surface area contributed by atoms with Gasteiger partial charge in [0.05, 0.1) is 24.9 Å². The fraction of sp³-hybridized carbons (Fsp3) is 0.632. The van der Waals surface area contributed by atoms with Gasteiger partial charge in [0.25, 0.3) is 0 Å². The third-order valence-corrected chi connectivity index (χ3v) is 5.22. The van der Waals surface area contributed by atoms with Crippen LogP contribution in [-0.4, -0.2) is 65.1 Å². The van der Waals surface area contributed by atoms with Crippen molar-refractivity contribution in [1.29, 1.82) is 0 Å². The van der Waals surface area contributed by atoms with Crippen LogP contribution in [-0.2, 0) is 9.53 Å². The molecule has 6 heteroatoms. The monoisotopic (exact) mass is 349 g/mol. The van der Waals surface area contributed by atoms with Crippen molar-refractivity contribution in [2.75, 3.05) is 26.3 Å². The quantitative estimate of drug-likeness (QED) is 0.785. The largest absolute Gasteiger partial charge is 0.494 e. The molecule has 2 heterocycles. The van der Waals surface area contributed by atoms with Crippen LogP contribution >= 0.6 is 0 Å². The van der Waals surface area contributed by atoms with Crippen molar-refractivity contribution >= 4 is 5.91 Å². The average molecular weight is 349 g/mol. The van der Waals surface area contributed by atoms with E-state index in [1.165, 1.54) is 0 Å². The van der Waals surface area contributed by atoms with E-state index in [1.54, 1.807) is 0 Å². The Morgan fingerprint density at radius 3 is 2.68 bits per heavy atom. The fourth-order valence-electron chi connectivity index (χ4n) is 3.64. The highest BCUT2D eigenvalue weighted by Crippen LogP contribution is 2.35. The van der Waals surface area contributed by atoms with Crippen LogP contribution in [0.3, 0.4) is 0 Å². The van der Waals surface area contributed by atoms with Gasteiger partial charge in [-0.2, -0.15) is 0 Å². The van der Waals surface area contributed by atoms with Crippen molar-refractivity contribution in [2.45, 2.75) is 49.9 Å². The second-order valence-corrected chi connectivity index (χ2v) is 6.86. The topological polar surface area (TPSA) is 79.2 Å². The smallest absolute Gasteiger partial charge is 0.222 e. The molecule has 1 amide bonds. The average Bonchev–Trinajstić information content (AvgIpc) is 2.65. The van der Waals surface area contributed by atoms with E-state index in [4.69, 9.17) is 9.47 Å². The molecule has 0 unspecified atom stereocenters. The summed E-state index contributed by atoms with van der Waals surface area (Å²) in [5.74, 6) is 0.925. The Hall–Kier alpha value is -1.63. The second-order valence-electron chi connectivity index (χ2n) is 6.86. The molecule has 0 radical (unpaired) electrons. The number of amides is 1. The molecular weight excluding hydrogens is 322 g/mol. The van der Waals surface area contributed by atoms with E-state index in [0.717, 1.165) is 5.75 Å². The highest BCUT2D eigenvalue weighted by molar-refractivity contribution is 5.76. The lowest BCUT2D eigenvalue weighted by Crippen LogP contribution is -2.60. The van der Waals surface area contributed by atoms with Gasteiger partial charge in [-0.15, -0.1) is 0 Å². The summed E-state index contributed by atoms with van der Waals surface area (Å²) in [5, 5.41) is 20.1. The van der Waals surface area contributed by atoms with Gasteiger partial charge < -0.3 is 24.6 Å². The van der Waals surface area contributed by atoms with E-state index < -0.39 is 17.8 Å². The Kier molecular flexibility index (Phi) is 5.93. The molecular formula is C19H27NO5. The zero-order valence-corrected chi connectivity index (χ0v) is 14.5. The first kappa shape index (κ1) is 18.2. The van der Waals surface area contributed by atoms with Gasteiger partial charge in [0.2, 0.25) is 5.91 Å². The van der Waals surface area contributed by atoms with E-state index in [-0.39, 0.29) is 5.91 Å². The van der Waals surface area contributed by atoms with Crippen molar-refractivity contribution in [3.8, 4) is 5.75 Å². The van der Waals surface area contributed by atoms with Gasteiger partial charge in [0.1, 0.15) is 11.9 Å². The summed E-state index contributed by atoms with van der Waals surface area (Å²) in [7, 11) is 0. The minimum absolute atomic E-state index is 0.109. The summed E-state index contributed by atoms with van der Waals surface area (Å²) in [4.78, 5) is 14.2. The number of piperidine rings is 1. The van der Waals surface area contributed by atoms with Gasteiger partial charge >= 0.3 is 0 Å². The number of benzene rings is 1. The van der Waals surface area contributed by atoms with E-state index in [9.17, 15) is 15.0 Å². The molecule has 6 nitrogen and oxygen atoms in total. The summed E-state index contributed by atoms with van der Waals surface area (Å²) in [6.45, 7) is 2.09. The van der Waals surface area contributed by atoms with Crippen LogP contribution in [0.25, 0.3) is 0 Å². The van der Waals surface area contributed by atoms with Crippen LogP contribution in [0.1, 0.15) is 32.1 Å². The van der Waals surface area contributed by atoms with Crippen LogP contribution in [0.15, 0.2) is 30.3 Å². The Morgan fingerprint density at radius 1 is 1.24 bits per heavy atom. The van der Waals surface area contributed by atoms with Crippen molar-refractivity contribution in [2.24, 2.45) is 0 Å². The molecule has 1 aromatic carbocycles. The predicted molar refractivity (Wildman–Crippen MR) is 92.3 cm³/mol. The van der Waals surface area contributed by atoms with Crippen molar-refractivity contribution in [3.63, 3.8) is 0 Å². The summed E-state index contributed by atoms with van der Waals surface area (Å²) in [6.07, 6.45) is 1.13. The first-order valence-electron chi connectivity index (χ1n) is 9.06. The minimum Gasteiger partial charge on any atom is -0.494 e. The number of hydrogen-bond donors (Lipinski definition) is 2. The Bertz CT molecular complexity index is 556. The van der Waals surface area contributed by atoms with Crippen LogP contribution in [0.2, 0.25) is 0 Å². The standard InChI is InChI=1S/C19H27NO5/c21-16-8-14-25-19(18(16)23)9-11-20(12-10-19)17(22)7-4-13-24-15-5-2-1-3-6-15/h1-3,5-6,16,18,21,23H,4,7-14H2/t16-,18-/m0/s1. The summed E-state index contributed by atoms with van der Waals surface area (Å²) in [5.41, 5.74) is -0.690. The number of aliphatic hydroxyl groups is 2. The van der Waals surface area contributed by atoms with Crippen LogP contribution in [0, 0.1) is 0 Å². The van der Waals surface area contributed by atoms with Crippen molar-refractivity contribution in [1.82, 2.24) is 4.90 Å². The molecule has 2 aliphatic rings. The number of ether oxygens (including phenoxy) is 2. The number of hydrogen-bond acceptors (Lipinski definition) is 5. The maximum atomic E-state index is 12.3. The van der Waals surface area contributed by atoms with Gasteiger partial charge in [0.15, 0.2) is 0 Å². The van der Waals surface area contributed by atoms with Crippen LogP contribution in [0.5, 0.6) is 5.75 Å². The molecule has 0 saturated carbocycles.